The van der Waals surface area contributed by atoms with Crippen molar-refractivity contribution in [3.8, 4) is 22.9 Å². The number of nitrogens with one attached hydrogen (secondary N) is 1. The molecule has 1 aromatic carbocycles. The predicted molar refractivity (Wildman–Crippen MR) is 180 cm³/mol. The van der Waals surface area contributed by atoms with Gasteiger partial charge in [0.05, 0.1) is 18.1 Å². The molecule has 0 saturated carbocycles. The van der Waals surface area contributed by atoms with E-state index in [2.05, 4.69) is 43.2 Å². The zero-order valence-electron chi connectivity index (χ0n) is 26.3. The van der Waals surface area contributed by atoms with Gasteiger partial charge in [-0.1, -0.05) is 11.6 Å². The molecule has 2 aromatic heterocycles. The van der Waals surface area contributed by atoms with Gasteiger partial charge in [0.1, 0.15) is 5.82 Å². The number of nitrogens with zero attached hydrogens (tertiary/aromatic N) is 6. The molecule has 9 nitrogen and oxygen atoms in total. The van der Waals surface area contributed by atoms with Gasteiger partial charge in [-0.25, -0.2) is 19.3 Å². The fourth-order valence-electron chi connectivity index (χ4n) is 5.93. The number of rotatable bonds is 12. The van der Waals surface area contributed by atoms with Gasteiger partial charge in [0.2, 0.25) is 17.7 Å². The first-order chi connectivity index (χ1) is 21.7. The highest BCUT2D eigenvalue weighted by Crippen LogP contribution is 2.30. The summed E-state index contributed by atoms with van der Waals surface area (Å²) < 4.78 is 20.5. The Morgan fingerprint density at radius 3 is 2.49 bits per heavy atom. The van der Waals surface area contributed by atoms with Crippen LogP contribution in [0.25, 0.3) is 11.3 Å². The minimum absolute atomic E-state index is 0.0109. The van der Waals surface area contributed by atoms with Gasteiger partial charge in [0.15, 0.2) is 5.75 Å². The first-order valence-electron chi connectivity index (χ1n) is 15.7. The molecule has 12 heteroatoms. The van der Waals surface area contributed by atoms with Crippen LogP contribution in [0.3, 0.4) is 0 Å². The van der Waals surface area contributed by atoms with Gasteiger partial charge in [-0.15, -0.1) is 0 Å². The monoisotopic (exact) mass is 655 g/mol. The van der Waals surface area contributed by atoms with Crippen LogP contribution in [0, 0.1) is 11.7 Å². The smallest absolute Gasteiger partial charge is 0.225 e. The summed E-state index contributed by atoms with van der Waals surface area (Å²) in [4.78, 5) is 32.4. The molecular formula is C33H43ClFN7O2S. The predicted octanol–water partition coefficient (Wildman–Crippen LogP) is 5.74. The number of ether oxygens (including phenoxy) is 1. The number of anilines is 1. The number of likely N-dealkylation sites (tertiary alicyclic amines) is 1. The summed E-state index contributed by atoms with van der Waals surface area (Å²) in [6, 6.07) is 8.87. The molecule has 0 aliphatic carbocycles. The molecule has 242 valence electrons. The average Bonchev–Trinajstić information content (AvgIpc) is 3.03. The molecule has 1 unspecified atom stereocenters. The number of benzene rings is 1. The van der Waals surface area contributed by atoms with Gasteiger partial charge >= 0.3 is 0 Å². The van der Waals surface area contributed by atoms with Crippen LogP contribution in [0.1, 0.15) is 38.7 Å². The minimum Gasteiger partial charge on any atom is -0.436 e. The second kappa shape index (κ2) is 16.0. The highest BCUT2D eigenvalue weighted by Gasteiger charge is 2.23. The van der Waals surface area contributed by atoms with E-state index in [-0.39, 0.29) is 5.91 Å². The lowest BCUT2D eigenvalue weighted by molar-refractivity contribution is -0.119. The van der Waals surface area contributed by atoms with Crippen LogP contribution in [0.4, 0.5) is 10.3 Å². The molecule has 1 atom stereocenters. The normalized spacial score (nSPS) is 17.3. The highest BCUT2D eigenvalue weighted by atomic mass is 35.5. The second-order valence-corrected chi connectivity index (χ2v) is 13.4. The molecular weight excluding hydrogens is 613 g/mol. The van der Waals surface area contributed by atoms with E-state index in [0.717, 1.165) is 64.2 Å². The Hall–Kier alpha value is -2.99. The van der Waals surface area contributed by atoms with Crippen LogP contribution in [-0.2, 0) is 11.3 Å². The fraction of sp³-hybridized carbons (Fsp3) is 0.515. The third kappa shape index (κ3) is 9.75. The maximum absolute atomic E-state index is 14.3. The summed E-state index contributed by atoms with van der Waals surface area (Å²) in [5, 5.41) is 3.25. The van der Waals surface area contributed by atoms with E-state index < -0.39 is 5.82 Å². The van der Waals surface area contributed by atoms with Crippen molar-refractivity contribution >= 4 is 35.2 Å². The van der Waals surface area contributed by atoms with Crippen LogP contribution in [0.5, 0.6) is 11.6 Å². The van der Waals surface area contributed by atoms with Crippen molar-refractivity contribution in [1.29, 1.82) is 0 Å². The van der Waals surface area contributed by atoms with Crippen LogP contribution >= 0.6 is 23.4 Å². The van der Waals surface area contributed by atoms with Crippen LogP contribution < -0.4 is 15.0 Å². The molecule has 2 fully saturated rings. The van der Waals surface area contributed by atoms with Gasteiger partial charge in [-0.05, 0) is 87.0 Å². The third-order valence-electron chi connectivity index (χ3n) is 8.57. The van der Waals surface area contributed by atoms with Gasteiger partial charge in [-0.3, -0.25) is 14.6 Å². The molecule has 2 aliphatic rings. The molecule has 1 amide bonds. The number of piperidine rings is 1. The maximum Gasteiger partial charge on any atom is 0.225 e. The number of halogens is 2. The van der Waals surface area contributed by atoms with Gasteiger partial charge in [-0.2, -0.15) is 11.8 Å². The molecule has 3 aromatic rings. The number of thioether (sulfide) groups is 1. The van der Waals surface area contributed by atoms with Crippen molar-refractivity contribution in [3.05, 3.63) is 59.1 Å². The Bertz CT molecular complexity index is 1400. The van der Waals surface area contributed by atoms with Crippen molar-refractivity contribution in [3.63, 3.8) is 0 Å². The molecule has 45 heavy (non-hydrogen) atoms. The van der Waals surface area contributed by atoms with Crippen molar-refractivity contribution < 1.29 is 13.9 Å². The topological polar surface area (TPSA) is 86.7 Å². The summed E-state index contributed by atoms with van der Waals surface area (Å²) in [6.45, 7) is 10.9. The van der Waals surface area contributed by atoms with Crippen molar-refractivity contribution in [2.24, 2.45) is 5.92 Å². The van der Waals surface area contributed by atoms with Gasteiger partial charge in [0.25, 0.3) is 0 Å². The second-order valence-electron chi connectivity index (χ2n) is 12.0. The summed E-state index contributed by atoms with van der Waals surface area (Å²) in [5.41, 5.74) is 2.15. The maximum atomic E-state index is 14.3. The van der Waals surface area contributed by atoms with Crippen molar-refractivity contribution in [2.45, 2.75) is 45.7 Å². The Morgan fingerprint density at radius 1 is 1.09 bits per heavy atom. The van der Waals surface area contributed by atoms with E-state index >= 15 is 0 Å². The number of carbonyl (C=O) groups excluding carboxylic acids is 1. The Labute approximate surface area is 274 Å². The Balaban J connectivity index is 1.26. The van der Waals surface area contributed by atoms with E-state index in [4.69, 9.17) is 21.3 Å². The van der Waals surface area contributed by atoms with Crippen LogP contribution in [0.2, 0.25) is 5.02 Å². The molecule has 5 rings (SSSR count). The summed E-state index contributed by atoms with van der Waals surface area (Å²) >= 11 is 8.09. The van der Waals surface area contributed by atoms with E-state index in [9.17, 15) is 9.18 Å². The summed E-state index contributed by atoms with van der Waals surface area (Å²) in [5.74, 6) is 2.80. The van der Waals surface area contributed by atoms with Gasteiger partial charge in [0, 0.05) is 68.9 Å². The highest BCUT2D eigenvalue weighted by molar-refractivity contribution is 7.98. The first-order valence-corrected chi connectivity index (χ1v) is 17.4. The molecule has 4 heterocycles. The SMILES string of the molecule is CSCCC(C)N1CCN(c2ncc(Oc3cc(CN4CCC(CNC(C)=O)CC4)cc(-c4cc(F)cc(Cl)c4)n3)cn2)CC1. The van der Waals surface area contributed by atoms with Crippen LogP contribution in [0.15, 0.2) is 42.7 Å². The number of amides is 1. The van der Waals surface area contributed by atoms with E-state index in [1.165, 1.54) is 24.3 Å². The van der Waals surface area contributed by atoms with Gasteiger partial charge < -0.3 is 15.0 Å². The Kier molecular flexibility index (Phi) is 11.9. The minimum atomic E-state index is -0.423. The van der Waals surface area contributed by atoms with E-state index in [1.54, 1.807) is 25.4 Å². The fourth-order valence-corrected chi connectivity index (χ4v) is 6.73. The molecule has 2 saturated heterocycles. The lowest BCUT2D eigenvalue weighted by Gasteiger charge is -2.38. The number of hydrogen-bond donors (Lipinski definition) is 1. The number of pyridine rings is 1. The van der Waals surface area contributed by atoms with E-state index in [0.29, 0.717) is 52.4 Å². The average molecular weight is 656 g/mol. The summed E-state index contributed by atoms with van der Waals surface area (Å²) in [6.07, 6.45) is 8.75. The molecule has 0 radical (unpaired) electrons. The number of carbonyl (C=O) groups is 1. The molecule has 2 aliphatic heterocycles. The summed E-state index contributed by atoms with van der Waals surface area (Å²) in [7, 11) is 0. The quantitative estimate of drug-likeness (QED) is 0.263. The largest absolute Gasteiger partial charge is 0.436 e. The lowest BCUT2D eigenvalue weighted by atomic mass is 9.96. The third-order valence-corrected chi connectivity index (χ3v) is 9.43. The molecule has 1 N–H and O–H groups in total. The van der Waals surface area contributed by atoms with E-state index in [1.807, 2.05) is 23.9 Å². The first kappa shape index (κ1) is 33.4. The number of aromatic nitrogens is 3. The molecule has 0 spiro atoms. The lowest BCUT2D eigenvalue weighted by Crippen LogP contribution is -2.50. The number of piperazine rings is 1. The number of hydrogen-bond acceptors (Lipinski definition) is 9. The standard InChI is InChI=1S/C33H43ClFN7O2S/c1-23(6-13-45-3)41-9-11-42(12-10-41)33-37-20-30(21-38-33)44-32-15-26(14-31(39-32)27-16-28(34)18-29(35)17-27)22-40-7-4-25(5-8-40)19-36-24(2)43/h14-18,20-21,23,25H,4-13,19,22H2,1-3H3,(H,36,43). The molecule has 0 bridgehead atoms. The van der Waals surface area contributed by atoms with Crippen molar-refractivity contribution in [1.82, 2.24) is 30.1 Å². The zero-order valence-corrected chi connectivity index (χ0v) is 27.9. The van der Waals surface area contributed by atoms with Crippen molar-refractivity contribution in [2.75, 3.05) is 62.7 Å². The zero-order chi connectivity index (χ0) is 31.8. The Morgan fingerprint density at radius 2 is 1.82 bits per heavy atom. The van der Waals surface area contributed by atoms with Crippen LogP contribution in [-0.4, -0.2) is 94.5 Å².